The fourth-order valence-electron chi connectivity index (χ4n) is 3.28. The SMILES string of the molecule is CC1C(N(C)C)CCN1C(=O)C1CCCCC(=O)N1. The zero-order chi connectivity index (χ0) is 14.0. The summed E-state index contributed by atoms with van der Waals surface area (Å²) in [5.41, 5.74) is 0. The molecule has 2 aliphatic rings. The van der Waals surface area contributed by atoms with Crippen LogP contribution in [-0.4, -0.2) is 60.4 Å². The number of hydrogen-bond donors (Lipinski definition) is 1. The number of carbonyl (C=O) groups excluding carboxylic acids is 2. The van der Waals surface area contributed by atoms with Crippen molar-refractivity contribution >= 4 is 11.8 Å². The second-order valence-electron chi connectivity index (χ2n) is 5.96. The Kier molecular flexibility index (Phi) is 4.45. The van der Waals surface area contributed by atoms with Gasteiger partial charge in [-0.2, -0.15) is 0 Å². The van der Waals surface area contributed by atoms with Crippen LogP contribution in [-0.2, 0) is 9.59 Å². The number of nitrogens with one attached hydrogen (secondary N) is 1. The molecule has 0 aromatic heterocycles. The molecule has 2 heterocycles. The molecule has 0 aromatic carbocycles. The number of nitrogens with zero attached hydrogens (tertiary/aromatic N) is 2. The molecular formula is C14H25N3O2. The monoisotopic (exact) mass is 267 g/mol. The van der Waals surface area contributed by atoms with Gasteiger partial charge in [0.2, 0.25) is 11.8 Å². The predicted molar refractivity (Wildman–Crippen MR) is 73.7 cm³/mol. The number of hydrogen-bond acceptors (Lipinski definition) is 3. The molecule has 0 aromatic rings. The molecule has 0 spiro atoms. The first-order valence-electron chi connectivity index (χ1n) is 7.27. The Morgan fingerprint density at radius 3 is 2.68 bits per heavy atom. The van der Waals surface area contributed by atoms with Gasteiger partial charge in [-0.05, 0) is 40.3 Å². The fourth-order valence-corrected chi connectivity index (χ4v) is 3.28. The molecule has 2 fully saturated rings. The van der Waals surface area contributed by atoms with E-state index in [2.05, 4.69) is 31.2 Å². The van der Waals surface area contributed by atoms with Crippen molar-refractivity contribution < 1.29 is 9.59 Å². The van der Waals surface area contributed by atoms with Crippen molar-refractivity contribution in [1.29, 1.82) is 0 Å². The number of rotatable bonds is 2. The Hall–Kier alpha value is -1.10. The number of likely N-dealkylation sites (N-methyl/N-ethyl adjacent to an activating group) is 1. The molecule has 5 heteroatoms. The Labute approximate surface area is 115 Å². The van der Waals surface area contributed by atoms with Crippen LogP contribution in [0.15, 0.2) is 0 Å². The highest BCUT2D eigenvalue weighted by atomic mass is 16.2. The Balaban J connectivity index is 2.01. The molecule has 5 nitrogen and oxygen atoms in total. The fraction of sp³-hybridized carbons (Fsp3) is 0.857. The molecular weight excluding hydrogens is 242 g/mol. The minimum atomic E-state index is -0.307. The van der Waals surface area contributed by atoms with Crippen LogP contribution < -0.4 is 5.32 Å². The summed E-state index contributed by atoms with van der Waals surface area (Å²) in [6.45, 7) is 2.91. The van der Waals surface area contributed by atoms with Crippen molar-refractivity contribution in [3.8, 4) is 0 Å². The predicted octanol–water partition coefficient (Wildman–Crippen LogP) is 0.596. The molecule has 2 amide bonds. The molecule has 0 radical (unpaired) electrons. The third-order valence-corrected chi connectivity index (χ3v) is 4.44. The summed E-state index contributed by atoms with van der Waals surface area (Å²) in [4.78, 5) is 28.3. The lowest BCUT2D eigenvalue weighted by Gasteiger charge is -2.30. The normalized spacial score (nSPS) is 32.3. The maximum absolute atomic E-state index is 12.6. The maximum Gasteiger partial charge on any atom is 0.245 e. The van der Waals surface area contributed by atoms with E-state index in [0.717, 1.165) is 32.2 Å². The van der Waals surface area contributed by atoms with Crippen LogP contribution in [0.3, 0.4) is 0 Å². The van der Waals surface area contributed by atoms with Gasteiger partial charge in [0.15, 0.2) is 0 Å². The van der Waals surface area contributed by atoms with Crippen LogP contribution in [0.1, 0.15) is 39.0 Å². The molecule has 19 heavy (non-hydrogen) atoms. The van der Waals surface area contributed by atoms with Gasteiger partial charge in [-0.1, -0.05) is 6.42 Å². The van der Waals surface area contributed by atoms with Gasteiger partial charge in [0.25, 0.3) is 0 Å². The van der Waals surface area contributed by atoms with Crippen LogP contribution in [0.25, 0.3) is 0 Å². The van der Waals surface area contributed by atoms with E-state index < -0.39 is 0 Å². The van der Waals surface area contributed by atoms with Crippen LogP contribution in [0.4, 0.5) is 0 Å². The minimum absolute atomic E-state index is 0.0202. The first-order chi connectivity index (χ1) is 9.00. The van der Waals surface area contributed by atoms with Crippen molar-refractivity contribution in [3.63, 3.8) is 0 Å². The van der Waals surface area contributed by atoms with Crippen LogP contribution in [0.2, 0.25) is 0 Å². The largest absolute Gasteiger partial charge is 0.344 e. The summed E-state index contributed by atoms with van der Waals surface area (Å²) in [6.07, 6.45) is 4.20. The van der Waals surface area contributed by atoms with Gasteiger partial charge in [0.05, 0.1) is 0 Å². The molecule has 0 saturated carbocycles. The first kappa shape index (κ1) is 14.3. The highest BCUT2D eigenvalue weighted by Gasteiger charge is 2.38. The van der Waals surface area contributed by atoms with E-state index in [9.17, 15) is 9.59 Å². The second-order valence-corrected chi connectivity index (χ2v) is 5.96. The summed E-state index contributed by atoms with van der Waals surface area (Å²) in [7, 11) is 4.12. The third kappa shape index (κ3) is 3.08. The Morgan fingerprint density at radius 2 is 2.05 bits per heavy atom. The first-order valence-corrected chi connectivity index (χ1v) is 7.27. The van der Waals surface area contributed by atoms with E-state index in [0.29, 0.717) is 12.5 Å². The average Bonchev–Trinajstić information content (AvgIpc) is 2.60. The summed E-state index contributed by atoms with van der Waals surface area (Å²) in [5, 5.41) is 2.88. The lowest BCUT2D eigenvalue weighted by atomic mass is 10.1. The van der Waals surface area contributed by atoms with Crippen molar-refractivity contribution in [2.75, 3.05) is 20.6 Å². The quantitative estimate of drug-likeness (QED) is 0.797. The van der Waals surface area contributed by atoms with Gasteiger partial charge >= 0.3 is 0 Å². The number of carbonyl (C=O) groups is 2. The Bertz CT molecular complexity index is 357. The molecule has 0 bridgehead atoms. The van der Waals surface area contributed by atoms with E-state index in [-0.39, 0.29) is 23.9 Å². The van der Waals surface area contributed by atoms with Gasteiger partial charge < -0.3 is 15.1 Å². The zero-order valence-corrected chi connectivity index (χ0v) is 12.2. The maximum atomic E-state index is 12.6. The van der Waals surface area contributed by atoms with Crippen LogP contribution >= 0.6 is 0 Å². The molecule has 2 saturated heterocycles. The minimum Gasteiger partial charge on any atom is -0.344 e. The lowest BCUT2D eigenvalue weighted by molar-refractivity contribution is -0.137. The third-order valence-electron chi connectivity index (χ3n) is 4.44. The molecule has 0 aliphatic carbocycles. The van der Waals surface area contributed by atoms with Crippen molar-refractivity contribution in [1.82, 2.24) is 15.1 Å². The lowest BCUT2D eigenvalue weighted by Crippen LogP contribution is -2.51. The summed E-state index contributed by atoms with van der Waals surface area (Å²) in [5.74, 6) is 0.124. The molecule has 108 valence electrons. The van der Waals surface area contributed by atoms with Crippen molar-refractivity contribution in [2.45, 2.75) is 57.2 Å². The molecule has 2 rings (SSSR count). The van der Waals surface area contributed by atoms with Gasteiger partial charge in [0, 0.05) is 25.0 Å². The van der Waals surface area contributed by atoms with Crippen molar-refractivity contribution in [3.05, 3.63) is 0 Å². The summed E-state index contributed by atoms with van der Waals surface area (Å²) in [6, 6.07) is 0.339. The molecule has 2 aliphatic heterocycles. The summed E-state index contributed by atoms with van der Waals surface area (Å²) < 4.78 is 0. The number of amides is 2. The smallest absolute Gasteiger partial charge is 0.245 e. The topological polar surface area (TPSA) is 52.7 Å². The van der Waals surface area contributed by atoms with Gasteiger partial charge in [-0.3, -0.25) is 9.59 Å². The van der Waals surface area contributed by atoms with E-state index in [1.807, 2.05) is 4.90 Å². The number of likely N-dealkylation sites (tertiary alicyclic amines) is 1. The zero-order valence-electron chi connectivity index (χ0n) is 12.2. The molecule has 3 unspecified atom stereocenters. The highest BCUT2D eigenvalue weighted by molar-refractivity contribution is 5.88. The molecule has 1 N–H and O–H groups in total. The summed E-state index contributed by atoms with van der Waals surface area (Å²) >= 11 is 0. The highest BCUT2D eigenvalue weighted by Crippen LogP contribution is 2.23. The van der Waals surface area contributed by atoms with E-state index in [1.165, 1.54) is 0 Å². The Morgan fingerprint density at radius 1 is 1.32 bits per heavy atom. The van der Waals surface area contributed by atoms with Crippen LogP contribution in [0, 0.1) is 0 Å². The standard InChI is InChI=1S/C14H25N3O2/c1-10-12(16(2)3)8-9-17(10)14(19)11-6-4-5-7-13(18)15-11/h10-12H,4-9H2,1-3H3,(H,15,18). The van der Waals surface area contributed by atoms with Crippen molar-refractivity contribution in [2.24, 2.45) is 0 Å². The second kappa shape index (κ2) is 5.90. The van der Waals surface area contributed by atoms with E-state index in [1.54, 1.807) is 0 Å². The van der Waals surface area contributed by atoms with E-state index in [4.69, 9.17) is 0 Å². The van der Waals surface area contributed by atoms with Gasteiger partial charge in [-0.15, -0.1) is 0 Å². The van der Waals surface area contributed by atoms with Crippen LogP contribution in [0.5, 0.6) is 0 Å². The average molecular weight is 267 g/mol. The molecule has 3 atom stereocenters. The van der Waals surface area contributed by atoms with E-state index >= 15 is 0 Å². The van der Waals surface area contributed by atoms with Gasteiger partial charge in [-0.25, -0.2) is 0 Å². The van der Waals surface area contributed by atoms with Gasteiger partial charge in [0.1, 0.15) is 6.04 Å².